The third kappa shape index (κ3) is 6.30. The molecule has 10 heteroatoms. The Morgan fingerprint density at radius 1 is 1.24 bits per heavy atom. The van der Waals surface area contributed by atoms with Crippen LogP contribution in [0.5, 0.6) is 0 Å². The Morgan fingerprint density at radius 2 is 2.03 bits per heavy atom. The zero-order valence-corrected chi connectivity index (χ0v) is 17.1. The van der Waals surface area contributed by atoms with E-state index in [1.54, 1.807) is 23.1 Å². The van der Waals surface area contributed by atoms with Crippen LogP contribution in [-0.4, -0.2) is 60.4 Å². The summed E-state index contributed by atoms with van der Waals surface area (Å²) in [6.07, 6.45) is 3.76. The minimum absolute atomic E-state index is 0. The highest BCUT2D eigenvalue weighted by molar-refractivity contribution is 5.85. The monoisotopic (exact) mass is 425 g/mol. The van der Waals surface area contributed by atoms with Crippen molar-refractivity contribution in [1.29, 1.82) is 0 Å². The van der Waals surface area contributed by atoms with Crippen LogP contribution in [-0.2, 0) is 9.59 Å². The highest BCUT2D eigenvalue weighted by Gasteiger charge is 2.26. The summed E-state index contributed by atoms with van der Waals surface area (Å²) in [5, 5.41) is 20.1. The predicted molar refractivity (Wildman–Crippen MR) is 112 cm³/mol. The van der Waals surface area contributed by atoms with Crippen molar-refractivity contribution in [3.05, 3.63) is 34.4 Å². The first-order valence-corrected chi connectivity index (χ1v) is 9.80. The van der Waals surface area contributed by atoms with Crippen molar-refractivity contribution in [2.45, 2.75) is 31.7 Å². The average Bonchev–Trinajstić information content (AvgIpc) is 3.25. The van der Waals surface area contributed by atoms with Crippen LogP contribution >= 0.6 is 12.4 Å². The van der Waals surface area contributed by atoms with Crippen molar-refractivity contribution in [1.82, 2.24) is 15.5 Å². The maximum atomic E-state index is 12.5. The van der Waals surface area contributed by atoms with Gasteiger partial charge in [0.05, 0.1) is 17.5 Å². The number of halogens is 1. The van der Waals surface area contributed by atoms with E-state index < -0.39 is 4.92 Å². The molecular weight excluding hydrogens is 398 g/mol. The fourth-order valence-electron chi connectivity index (χ4n) is 3.80. The molecule has 3 rings (SSSR count). The van der Waals surface area contributed by atoms with Crippen molar-refractivity contribution >= 4 is 35.6 Å². The fourth-order valence-corrected chi connectivity index (χ4v) is 3.80. The molecule has 0 aromatic heterocycles. The maximum absolute atomic E-state index is 12.5. The van der Waals surface area contributed by atoms with Crippen molar-refractivity contribution < 1.29 is 14.5 Å². The van der Waals surface area contributed by atoms with Crippen LogP contribution in [0.1, 0.15) is 25.7 Å². The van der Waals surface area contributed by atoms with Crippen LogP contribution in [0.15, 0.2) is 24.3 Å². The van der Waals surface area contributed by atoms with Gasteiger partial charge >= 0.3 is 0 Å². The maximum Gasteiger partial charge on any atom is 0.292 e. The molecule has 2 aliphatic rings. The predicted octanol–water partition coefficient (Wildman–Crippen LogP) is 1.54. The van der Waals surface area contributed by atoms with Crippen LogP contribution in [0.2, 0.25) is 0 Å². The molecule has 160 valence electrons. The van der Waals surface area contributed by atoms with Gasteiger partial charge in [-0.15, -0.1) is 12.4 Å². The standard InChI is InChI=1S/C19H27N5O4.ClH/c25-18(12-21-15-6-1-2-8-17(15)24(27)28)23-10-4-5-14(13-23)11-22-19(26)16-7-3-9-20-16;/h1-2,6,8,14,16,20-21H,3-5,7,9-13H2,(H,22,26);1H. The van der Waals surface area contributed by atoms with E-state index in [2.05, 4.69) is 16.0 Å². The number of carbonyl (C=O) groups is 2. The summed E-state index contributed by atoms with van der Waals surface area (Å²) in [6.45, 7) is 2.73. The Balaban J connectivity index is 0.00000300. The Hall–Kier alpha value is -2.39. The van der Waals surface area contributed by atoms with E-state index >= 15 is 0 Å². The van der Waals surface area contributed by atoms with Gasteiger partial charge in [-0.3, -0.25) is 19.7 Å². The third-order valence-corrected chi connectivity index (χ3v) is 5.34. The largest absolute Gasteiger partial charge is 0.371 e. The number of carbonyl (C=O) groups excluding carboxylic acids is 2. The zero-order valence-electron chi connectivity index (χ0n) is 16.3. The van der Waals surface area contributed by atoms with E-state index in [9.17, 15) is 19.7 Å². The second-order valence-electron chi connectivity index (χ2n) is 7.37. The zero-order chi connectivity index (χ0) is 19.9. The summed E-state index contributed by atoms with van der Waals surface area (Å²) in [7, 11) is 0. The highest BCUT2D eigenvalue weighted by atomic mass is 35.5. The normalized spacial score (nSPS) is 21.2. The summed E-state index contributed by atoms with van der Waals surface area (Å²) >= 11 is 0. The van der Waals surface area contributed by atoms with Gasteiger partial charge in [0.1, 0.15) is 5.69 Å². The highest BCUT2D eigenvalue weighted by Crippen LogP contribution is 2.23. The van der Waals surface area contributed by atoms with Crippen molar-refractivity contribution in [2.24, 2.45) is 5.92 Å². The Labute approximate surface area is 176 Å². The van der Waals surface area contributed by atoms with E-state index in [-0.39, 0.29) is 48.4 Å². The van der Waals surface area contributed by atoms with Crippen molar-refractivity contribution in [2.75, 3.05) is 38.0 Å². The lowest BCUT2D eigenvalue weighted by Crippen LogP contribution is -2.47. The van der Waals surface area contributed by atoms with E-state index in [0.29, 0.717) is 25.3 Å². The number of likely N-dealkylation sites (tertiary alicyclic amines) is 1. The molecule has 2 saturated heterocycles. The van der Waals surface area contributed by atoms with Gasteiger partial charge < -0.3 is 20.9 Å². The molecule has 0 saturated carbocycles. The number of piperidine rings is 1. The number of anilines is 1. The average molecular weight is 426 g/mol. The number of benzene rings is 1. The van der Waals surface area contributed by atoms with Crippen LogP contribution in [0, 0.1) is 16.0 Å². The Morgan fingerprint density at radius 3 is 2.76 bits per heavy atom. The third-order valence-electron chi connectivity index (χ3n) is 5.34. The first-order valence-electron chi connectivity index (χ1n) is 9.80. The molecular formula is C19H28ClN5O4. The molecule has 1 aromatic carbocycles. The van der Waals surface area contributed by atoms with Gasteiger partial charge in [0.15, 0.2) is 0 Å². The van der Waals surface area contributed by atoms with Gasteiger partial charge in [-0.25, -0.2) is 0 Å². The Kier molecular flexibility index (Phi) is 8.66. The van der Waals surface area contributed by atoms with Crippen LogP contribution in [0.3, 0.4) is 0 Å². The molecule has 29 heavy (non-hydrogen) atoms. The second kappa shape index (κ2) is 11.0. The number of para-hydroxylation sites is 2. The number of nitrogens with one attached hydrogen (secondary N) is 3. The smallest absolute Gasteiger partial charge is 0.292 e. The molecule has 2 unspecified atom stereocenters. The molecule has 2 amide bonds. The number of rotatable bonds is 7. The fraction of sp³-hybridized carbons (Fsp3) is 0.579. The van der Waals surface area contributed by atoms with Crippen LogP contribution < -0.4 is 16.0 Å². The SMILES string of the molecule is Cl.O=C(NCC1CCCN(C(=O)CNc2ccccc2[N+](=O)[O-])C1)C1CCCN1. The molecule has 2 aliphatic heterocycles. The van der Waals surface area contributed by atoms with Crippen molar-refractivity contribution in [3.8, 4) is 0 Å². The molecule has 1 aromatic rings. The lowest BCUT2D eigenvalue weighted by atomic mass is 9.97. The number of hydrogen-bond donors (Lipinski definition) is 3. The van der Waals surface area contributed by atoms with Crippen LogP contribution in [0.4, 0.5) is 11.4 Å². The first-order chi connectivity index (χ1) is 13.5. The lowest BCUT2D eigenvalue weighted by Gasteiger charge is -2.33. The number of hydrogen-bond acceptors (Lipinski definition) is 6. The summed E-state index contributed by atoms with van der Waals surface area (Å²) in [5.41, 5.74) is 0.292. The lowest BCUT2D eigenvalue weighted by molar-refractivity contribution is -0.383. The molecule has 2 fully saturated rings. The minimum Gasteiger partial charge on any atom is -0.371 e. The number of nitro groups is 1. The molecule has 0 bridgehead atoms. The minimum atomic E-state index is -0.467. The molecule has 2 atom stereocenters. The van der Waals surface area contributed by atoms with Crippen molar-refractivity contribution in [3.63, 3.8) is 0 Å². The Bertz CT molecular complexity index is 726. The molecule has 0 aliphatic carbocycles. The number of nitro benzene ring substituents is 1. The van der Waals surface area contributed by atoms with E-state index in [1.165, 1.54) is 6.07 Å². The topological polar surface area (TPSA) is 117 Å². The summed E-state index contributed by atoms with van der Waals surface area (Å²) in [5.74, 6) is 0.180. The van der Waals surface area contributed by atoms with Gasteiger partial charge in [0, 0.05) is 25.7 Å². The molecule has 0 spiro atoms. The molecule has 3 N–H and O–H groups in total. The summed E-state index contributed by atoms with van der Waals surface area (Å²) in [4.78, 5) is 37.0. The van der Waals surface area contributed by atoms with Gasteiger partial charge in [-0.2, -0.15) is 0 Å². The number of amides is 2. The molecule has 0 radical (unpaired) electrons. The molecule has 2 heterocycles. The molecule has 9 nitrogen and oxygen atoms in total. The van der Waals surface area contributed by atoms with E-state index in [4.69, 9.17) is 0 Å². The first kappa shape index (κ1) is 22.9. The van der Waals surface area contributed by atoms with Gasteiger partial charge in [-0.05, 0) is 44.2 Å². The quantitative estimate of drug-likeness (QED) is 0.450. The van der Waals surface area contributed by atoms with E-state index in [1.807, 2.05) is 0 Å². The second-order valence-corrected chi connectivity index (χ2v) is 7.37. The van der Waals surface area contributed by atoms with Gasteiger partial charge in [-0.1, -0.05) is 12.1 Å². The van der Waals surface area contributed by atoms with Gasteiger partial charge in [0.2, 0.25) is 11.8 Å². The van der Waals surface area contributed by atoms with Crippen LogP contribution in [0.25, 0.3) is 0 Å². The van der Waals surface area contributed by atoms with E-state index in [0.717, 1.165) is 32.2 Å². The summed E-state index contributed by atoms with van der Waals surface area (Å²) < 4.78 is 0. The summed E-state index contributed by atoms with van der Waals surface area (Å²) in [6, 6.07) is 6.20. The van der Waals surface area contributed by atoms with Gasteiger partial charge in [0.25, 0.3) is 5.69 Å². The number of nitrogens with zero attached hydrogens (tertiary/aromatic N) is 2.